The van der Waals surface area contributed by atoms with Gasteiger partial charge in [-0.25, -0.2) is 0 Å². The van der Waals surface area contributed by atoms with E-state index < -0.39 is 0 Å². The summed E-state index contributed by atoms with van der Waals surface area (Å²) in [6, 6.07) is 0.0516. The summed E-state index contributed by atoms with van der Waals surface area (Å²) in [5, 5.41) is 6.94. The number of thioether (sulfide) groups is 1. The number of aldehydes is 1. The highest BCUT2D eigenvalue weighted by Gasteiger charge is 2.18. The second-order valence-corrected chi connectivity index (χ2v) is 8.63. The molecular weight excluding hydrogens is 418 g/mol. The van der Waals surface area contributed by atoms with E-state index in [2.05, 4.69) is 22.5 Å². The Hall–Kier alpha value is -1.63. The lowest BCUT2D eigenvalue weighted by Gasteiger charge is -2.16. The van der Waals surface area contributed by atoms with Crippen LogP contribution in [0.1, 0.15) is 66.2 Å². The number of rotatable bonds is 6. The van der Waals surface area contributed by atoms with Crippen molar-refractivity contribution >= 4 is 23.1 Å². The topological polar surface area (TPSA) is 62.7 Å². The van der Waals surface area contributed by atoms with Gasteiger partial charge < -0.3 is 15.4 Å². The van der Waals surface area contributed by atoms with Gasteiger partial charge in [0, 0.05) is 13.1 Å². The normalized spacial score (nSPS) is 19.5. The van der Waals surface area contributed by atoms with Gasteiger partial charge in [0.15, 0.2) is 6.29 Å². The number of methoxy groups -OCH3 is 1. The third-order valence-electron chi connectivity index (χ3n) is 4.75. The van der Waals surface area contributed by atoms with Crippen LogP contribution in [-0.4, -0.2) is 51.7 Å². The number of nitrogens with one attached hydrogen (secondary N) is 2. The van der Waals surface area contributed by atoms with E-state index in [1.165, 1.54) is 49.4 Å². The molecule has 3 aliphatic rings. The molecule has 0 bridgehead atoms. The molecule has 0 spiro atoms. The molecule has 1 atom stereocenters. The molecule has 182 valence electrons. The van der Waals surface area contributed by atoms with Crippen molar-refractivity contribution < 1.29 is 9.53 Å². The summed E-state index contributed by atoms with van der Waals surface area (Å²) < 4.78 is 5.27. The van der Waals surface area contributed by atoms with E-state index in [4.69, 9.17) is 4.74 Å². The van der Waals surface area contributed by atoms with Crippen LogP contribution in [0.3, 0.4) is 0 Å². The van der Waals surface area contributed by atoms with Gasteiger partial charge in [-0.1, -0.05) is 69.4 Å². The highest BCUT2D eigenvalue weighted by molar-refractivity contribution is 8.18. The highest BCUT2D eigenvalue weighted by Crippen LogP contribution is 2.30. The Bertz CT molecular complexity index is 663. The lowest BCUT2D eigenvalue weighted by molar-refractivity contribution is -0.104. The van der Waals surface area contributed by atoms with E-state index in [1.54, 1.807) is 7.11 Å². The summed E-state index contributed by atoms with van der Waals surface area (Å²) in [6.45, 7) is 10.2. The zero-order chi connectivity index (χ0) is 24.2. The highest BCUT2D eigenvalue weighted by atomic mass is 32.2. The van der Waals surface area contributed by atoms with Crippen LogP contribution < -0.4 is 10.6 Å². The van der Waals surface area contributed by atoms with Gasteiger partial charge in [-0.15, -0.1) is 0 Å². The van der Waals surface area contributed by atoms with E-state index in [-0.39, 0.29) is 6.04 Å². The molecule has 0 aromatic rings. The first kappa shape index (κ1) is 30.4. The Morgan fingerprint density at radius 2 is 1.66 bits per heavy atom. The molecule has 0 amide bonds. The van der Waals surface area contributed by atoms with Gasteiger partial charge in [0.05, 0.1) is 23.1 Å². The van der Waals surface area contributed by atoms with Crippen LogP contribution in [0.25, 0.3) is 0 Å². The molecule has 0 aromatic heterocycles. The number of hydrogen-bond donors (Lipinski definition) is 2. The number of likely N-dealkylation sites (N-methyl/N-ethyl adjacent to an activating group) is 2. The smallest absolute Gasteiger partial charge is 0.156 e. The van der Waals surface area contributed by atoms with Gasteiger partial charge in [-0.05, 0) is 58.2 Å². The summed E-state index contributed by atoms with van der Waals surface area (Å²) in [5.41, 5.74) is 2.35. The number of nitrogens with zero attached hydrogens (tertiary/aromatic N) is 1. The lowest BCUT2D eigenvalue weighted by Crippen LogP contribution is -2.21. The van der Waals surface area contributed by atoms with Crippen molar-refractivity contribution in [2.24, 2.45) is 4.99 Å². The maximum absolute atomic E-state index is 11.0. The molecule has 2 N–H and O–H groups in total. The van der Waals surface area contributed by atoms with Crippen molar-refractivity contribution in [3.05, 3.63) is 46.1 Å². The van der Waals surface area contributed by atoms with Crippen LogP contribution in [0.15, 0.2) is 51.1 Å². The zero-order valence-electron chi connectivity index (χ0n) is 21.3. The molecule has 0 radical (unpaired) electrons. The maximum atomic E-state index is 11.0. The van der Waals surface area contributed by atoms with Crippen molar-refractivity contribution in [1.29, 1.82) is 0 Å². The van der Waals surface area contributed by atoms with E-state index in [1.807, 2.05) is 59.2 Å². The molecule has 32 heavy (non-hydrogen) atoms. The molecule has 3 rings (SSSR count). The largest absolute Gasteiger partial charge is 0.497 e. The Morgan fingerprint density at radius 1 is 1.09 bits per heavy atom. The van der Waals surface area contributed by atoms with Crippen molar-refractivity contribution in [1.82, 2.24) is 10.6 Å². The fourth-order valence-electron chi connectivity index (χ4n) is 3.14. The van der Waals surface area contributed by atoms with E-state index in [0.29, 0.717) is 0 Å². The number of ether oxygens (including phenoxy) is 1. The standard InChI is InChI=1S/C15H17NO2S.C5H10.C4H12N2.C2H6/c1-10-6-12(4-5-13(7-10)18-3)15-16-11(2)8-14(9-17)19-15;1-2-4-5-3-1;1-5-3-4-6-2;1-2/h4-5,7-9,11H,6H2,1-3H3;1-5H2;5-6H,3-4H2,1-2H3;1-2H3. The molecule has 1 heterocycles. The Balaban J connectivity index is 0.000000604. The monoisotopic (exact) mass is 463 g/mol. The number of hydrogen-bond acceptors (Lipinski definition) is 6. The number of carbonyl (C=O) groups is 1. The molecule has 6 heteroatoms. The number of aliphatic imine (C=N–C) groups is 1. The van der Waals surface area contributed by atoms with Crippen molar-refractivity contribution in [2.75, 3.05) is 34.3 Å². The molecule has 5 nitrogen and oxygen atoms in total. The van der Waals surface area contributed by atoms with Crippen LogP contribution in [-0.2, 0) is 9.53 Å². The van der Waals surface area contributed by atoms with Crippen molar-refractivity contribution in [3.63, 3.8) is 0 Å². The SMILES string of the molecule is C1CCCC1.CC.CNCCNC.COC1=CC=C(C2=NC(C)C=C(C=O)S2)CC(C)=C1. The van der Waals surface area contributed by atoms with Crippen molar-refractivity contribution in [2.45, 2.75) is 72.3 Å². The fourth-order valence-corrected chi connectivity index (χ4v) is 4.16. The quantitative estimate of drug-likeness (QED) is 0.384. The van der Waals surface area contributed by atoms with Crippen LogP contribution in [0, 0.1) is 0 Å². The zero-order valence-corrected chi connectivity index (χ0v) is 22.1. The lowest BCUT2D eigenvalue weighted by atomic mass is 10.1. The minimum atomic E-state index is 0.0516. The summed E-state index contributed by atoms with van der Waals surface area (Å²) >= 11 is 1.44. The molecule has 1 saturated carbocycles. The summed E-state index contributed by atoms with van der Waals surface area (Å²) in [4.78, 5) is 16.3. The Labute approximate surface area is 200 Å². The molecule has 1 fully saturated rings. The van der Waals surface area contributed by atoms with Gasteiger partial charge in [0.1, 0.15) is 5.76 Å². The van der Waals surface area contributed by atoms with Gasteiger partial charge in [0.25, 0.3) is 0 Å². The molecule has 1 unspecified atom stereocenters. The number of carbonyl (C=O) groups excluding carboxylic acids is 1. The average Bonchev–Trinajstić information content (AvgIpc) is 3.35. The van der Waals surface area contributed by atoms with Crippen LogP contribution in [0.5, 0.6) is 0 Å². The van der Waals surface area contributed by atoms with Gasteiger partial charge in [0.2, 0.25) is 0 Å². The summed E-state index contributed by atoms with van der Waals surface area (Å²) in [7, 11) is 5.55. The van der Waals surface area contributed by atoms with Gasteiger partial charge in [-0.3, -0.25) is 9.79 Å². The minimum absolute atomic E-state index is 0.0516. The first-order valence-electron chi connectivity index (χ1n) is 11.9. The van der Waals surface area contributed by atoms with Crippen LogP contribution in [0.2, 0.25) is 0 Å². The molecule has 0 saturated heterocycles. The van der Waals surface area contributed by atoms with Crippen LogP contribution in [0.4, 0.5) is 0 Å². The summed E-state index contributed by atoms with van der Waals surface area (Å²) in [5.74, 6) is 0.841. The predicted molar refractivity (Wildman–Crippen MR) is 142 cm³/mol. The Morgan fingerprint density at radius 3 is 2.12 bits per heavy atom. The second-order valence-electron chi connectivity index (χ2n) is 7.57. The van der Waals surface area contributed by atoms with E-state index in [0.717, 1.165) is 47.1 Å². The Kier molecular flexibility index (Phi) is 19.0. The molecular formula is C26H45N3O2S. The van der Waals surface area contributed by atoms with Crippen molar-refractivity contribution in [3.8, 4) is 0 Å². The maximum Gasteiger partial charge on any atom is 0.156 e. The first-order valence-corrected chi connectivity index (χ1v) is 12.7. The predicted octanol–water partition coefficient (Wildman–Crippen LogP) is 5.81. The van der Waals surface area contributed by atoms with Crippen LogP contribution >= 0.6 is 11.8 Å². The first-order chi connectivity index (χ1) is 15.5. The number of allylic oxidation sites excluding steroid dienone is 5. The van der Waals surface area contributed by atoms with Gasteiger partial charge >= 0.3 is 0 Å². The second kappa shape index (κ2) is 20.0. The van der Waals surface area contributed by atoms with E-state index in [9.17, 15) is 4.79 Å². The molecule has 2 aliphatic carbocycles. The molecule has 0 aromatic carbocycles. The minimum Gasteiger partial charge on any atom is -0.497 e. The third kappa shape index (κ3) is 13.7. The fraction of sp³-hybridized carbons (Fsp3) is 0.615. The third-order valence-corrected chi connectivity index (χ3v) is 5.78. The summed E-state index contributed by atoms with van der Waals surface area (Å²) in [6.07, 6.45) is 17.1. The average molecular weight is 464 g/mol. The molecule has 1 aliphatic heterocycles. The van der Waals surface area contributed by atoms with Gasteiger partial charge in [-0.2, -0.15) is 0 Å². The van der Waals surface area contributed by atoms with E-state index >= 15 is 0 Å².